The molecule has 0 saturated heterocycles. The second kappa shape index (κ2) is 7.11. The average molecular weight is 343 g/mol. The molecule has 0 aliphatic heterocycles. The van der Waals surface area contributed by atoms with Gasteiger partial charge in [0.25, 0.3) is 5.91 Å². The molecule has 0 unspecified atom stereocenters. The standard InChI is InChI=1S/C21H17N3O2/c25-21(17-8-10-18(11-9-17)24-12-4-5-13-24)23-15-20-22-14-19(26-20)16-6-2-1-3-7-16/h1-14H,15H2,(H,23,25). The molecular weight excluding hydrogens is 326 g/mol. The molecule has 2 aromatic carbocycles. The quantitative estimate of drug-likeness (QED) is 0.594. The van der Waals surface area contributed by atoms with Crippen LogP contribution < -0.4 is 5.32 Å². The Labute approximate surface area is 150 Å². The lowest BCUT2D eigenvalue weighted by molar-refractivity contribution is 0.0947. The predicted molar refractivity (Wildman–Crippen MR) is 98.9 cm³/mol. The molecule has 0 spiro atoms. The lowest BCUT2D eigenvalue weighted by Gasteiger charge is -2.06. The summed E-state index contributed by atoms with van der Waals surface area (Å²) in [6.07, 6.45) is 5.59. The molecule has 1 amide bonds. The van der Waals surface area contributed by atoms with Crippen LogP contribution in [0.5, 0.6) is 0 Å². The third-order valence-electron chi connectivity index (χ3n) is 4.04. The van der Waals surface area contributed by atoms with Gasteiger partial charge in [0.05, 0.1) is 12.7 Å². The van der Waals surface area contributed by atoms with E-state index in [0.717, 1.165) is 11.3 Å². The van der Waals surface area contributed by atoms with Crippen LogP contribution in [0, 0.1) is 0 Å². The number of hydrogen-bond acceptors (Lipinski definition) is 3. The van der Waals surface area contributed by atoms with Crippen LogP contribution in [0.2, 0.25) is 0 Å². The maximum Gasteiger partial charge on any atom is 0.251 e. The molecule has 2 heterocycles. The Kier molecular flexibility index (Phi) is 4.35. The van der Waals surface area contributed by atoms with E-state index < -0.39 is 0 Å². The zero-order valence-corrected chi connectivity index (χ0v) is 14.0. The molecule has 1 N–H and O–H groups in total. The summed E-state index contributed by atoms with van der Waals surface area (Å²) >= 11 is 0. The maximum atomic E-state index is 12.3. The first-order valence-electron chi connectivity index (χ1n) is 8.31. The average Bonchev–Trinajstić information content (AvgIpc) is 3.39. The Morgan fingerprint density at radius 1 is 0.962 bits per heavy atom. The smallest absolute Gasteiger partial charge is 0.251 e. The summed E-state index contributed by atoms with van der Waals surface area (Å²) in [4.78, 5) is 16.5. The number of nitrogens with one attached hydrogen (secondary N) is 1. The largest absolute Gasteiger partial charge is 0.439 e. The monoisotopic (exact) mass is 343 g/mol. The summed E-state index contributed by atoms with van der Waals surface area (Å²) in [5.74, 6) is 0.996. The van der Waals surface area contributed by atoms with Gasteiger partial charge in [-0.15, -0.1) is 0 Å². The van der Waals surface area contributed by atoms with Crippen LogP contribution in [0.25, 0.3) is 17.0 Å². The summed E-state index contributed by atoms with van der Waals surface area (Å²) in [6, 6.07) is 21.1. The molecule has 0 aliphatic rings. The zero-order chi connectivity index (χ0) is 17.8. The van der Waals surface area contributed by atoms with E-state index in [9.17, 15) is 4.79 Å². The molecule has 0 saturated carbocycles. The minimum Gasteiger partial charge on any atom is -0.439 e. The highest BCUT2D eigenvalue weighted by Crippen LogP contribution is 2.19. The highest BCUT2D eigenvalue weighted by molar-refractivity contribution is 5.94. The number of amides is 1. The van der Waals surface area contributed by atoms with Crippen LogP contribution in [0.15, 0.2) is 89.7 Å². The minimum absolute atomic E-state index is 0.163. The van der Waals surface area contributed by atoms with Gasteiger partial charge in [-0.25, -0.2) is 4.98 Å². The number of rotatable bonds is 5. The van der Waals surface area contributed by atoms with Gasteiger partial charge in [-0.1, -0.05) is 30.3 Å². The Morgan fingerprint density at radius 2 is 1.69 bits per heavy atom. The van der Waals surface area contributed by atoms with Crippen LogP contribution >= 0.6 is 0 Å². The molecule has 5 nitrogen and oxygen atoms in total. The third kappa shape index (κ3) is 3.42. The van der Waals surface area contributed by atoms with Crippen LogP contribution in [0.3, 0.4) is 0 Å². The van der Waals surface area contributed by atoms with E-state index in [1.54, 1.807) is 18.3 Å². The fourth-order valence-corrected chi connectivity index (χ4v) is 2.68. The van der Waals surface area contributed by atoms with Crippen molar-refractivity contribution in [2.75, 3.05) is 0 Å². The molecule has 128 valence electrons. The van der Waals surface area contributed by atoms with Crippen molar-refractivity contribution in [3.05, 3.63) is 96.8 Å². The molecule has 4 rings (SSSR count). The zero-order valence-electron chi connectivity index (χ0n) is 14.0. The van der Waals surface area contributed by atoms with E-state index >= 15 is 0 Å². The summed E-state index contributed by atoms with van der Waals surface area (Å²) in [5, 5.41) is 2.83. The number of oxazole rings is 1. The Bertz CT molecular complexity index is 987. The Hall–Kier alpha value is -3.60. The lowest BCUT2D eigenvalue weighted by atomic mass is 10.2. The van der Waals surface area contributed by atoms with E-state index in [1.165, 1.54) is 0 Å². The highest BCUT2D eigenvalue weighted by Gasteiger charge is 2.09. The van der Waals surface area contributed by atoms with Gasteiger partial charge < -0.3 is 14.3 Å². The SMILES string of the molecule is O=C(NCc1ncc(-c2ccccc2)o1)c1ccc(-n2cccc2)cc1. The number of benzene rings is 2. The first kappa shape index (κ1) is 15.9. The van der Waals surface area contributed by atoms with Crippen molar-refractivity contribution in [2.45, 2.75) is 6.54 Å². The number of carbonyl (C=O) groups excluding carboxylic acids is 1. The van der Waals surface area contributed by atoms with Gasteiger partial charge in [-0.2, -0.15) is 0 Å². The predicted octanol–water partition coefficient (Wildman–Crippen LogP) is 4.06. The fraction of sp³-hybridized carbons (Fsp3) is 0.0476. The molecule has 2 aromatic heterocycles. The third-order valence-corrected chi connectivity index (χ3v) is 4.04. The summed E-state index contributed by atoms with van der Waals surface area (Å²) in [6.45, 7) is 0.241. The van der Waals surface area contributed by atoms with E-state index in [4.69, 9.17) is 4.42 Å². The summed E-state index contributed by atoms with van der Waals surface area (Å²) in [7, 11) is 0. The maximum absolute atomic E-state index is 12.3. The van der Waals surface area contributed by atoms with Gasteiger partial charge >= 0.3 is 0 Å². The van der Waals surface area contributed by atoms with E-state index in [-0.39, 0.29) is 12.5 Å². The van der Waals surface area contributed by atoms with Crippen LogP contribution in [0.4, 0.5) is 0 Å². The van der Waals surface area contributed by atoms with E-state index in [0.29, 0.717) is 17.2 Å². The fourth-order valence-electron chi connectivity index (χ4n) is 2.68. The molecule has 0 fully saturated rings. The number of hydrogen-bond donors (Lipinski definition) is 1. The Balaban J connectivity index is 1.39. The van der Waals surface area contributed by atoms with Gasteiger partial charge in [-0.05, 0) is 36.4 Å². The van der Waals surface area contributed by atoms with Crippen LogP contribution in [-0.4, -0.2) is 15.5 Å². The Morgan fingerprint density at radius 3 is 2.42 bits per heavy atom. The molecule has 0 radical (unpaired) electrons. The van der Waals surface area contributed by atoms with Gasteiger partial charge in [-0.3, -0.25) is 4.79 Å². The summed E-state index contributed by atoms with van der Waals surface area (Å²) in [5.41, 5.74) is 2.56. The molecular formula is C21H17N3O2. The van der Waals surface area contributed by atoms with Crippen molar-refractivity contribution in [1.82, 2.24) is 14.9 Å². The van der Waals surface area contributed by atoms with Gasteiger partial charge in [0.15, 0.2) is 5.76 Å². The first-order valence-corrected chi connectivity index (χ1v) is 8.31. The van der Waals surface area contributed by atoms with Crippen LogP contribution in [0.1, 0.15) is 16.2 Å². The normalized spacial score (nSPS) is 10.6. The van der Waals surface area contributed by atoms with Crippen molar-refractivity contribution in [1.29, 1.82) is 0 Å². The molecule has 0 atom stereocenters. The highest BCUT2D eigenvalue weighted by atomic mass is 16.4. The van der Waals surface area contributed by atoms with E-state index in [2.05, 4.69) is 10.3 Å². The number of carbonyl (C=O) groups is 1. The number of nitrogens with zero attached hydrogens (tertiary/aromatic N) is 2. The van der Waals surface area contributed by atoms with Gasteiger partial charge in [0, 0.05) is 29.2 Å². The second-order valence-electron chi connectivity index (χ2n) is 5.80. The van der Waals surface area contributed by atoms with Crippen molar-refractivity contribution >= 4 is 5.91 Å². The molecule has 0 bridgehead atoms. The molecule has 0 aliphatic carbocycles. The van der Waals surface area contributed by atoms with Crippen molar-refractivity contribution in [3.63, 3.8) is 0 Å². The van der Waals surface area contributed by atoms with Crippen molar-refractivity contribution in [2.24, 2.45) is 0 Å². The van der Waals surface area contributed by atoms with Crippen molar-refractivity contribution in [3.8, 4) is 17.0 Å². The second-order valence-corrected chi connectivity index (χ2v) is 5.80. The summed E-state index contributed by atoms with van der Waals surface area (Å²) < 4.78 is 7.68. The molecule has 4 aromatic rings. The van der Waals surface area contributed by atoms with Gasteiger partial charge in [0.2, 0.25) is 5.89 Å². The van der Waals surface area contributed by atoms with Crippen LogP contribution in [-0.2, 0) is 6.54 Å². The molecule has 5 heteroatoms. The molecule has 26 heavy (non-hydrogen) atoms. The minimum atomic E-state index is -0.163. The van der Waals surface area contributed by atoms with E-state index in [1.807, 2.05) is 71.6 Å². The number of aromatic nitrogens is 2. The van der Waals surface area contributed by atoms with Gasteiger partial charge in [0.1, 0.15) is 0 Å². The first-order chi connectivity index (χ1) is 12.8. The topological polar surface area (TPSA) is 60.1 Å². The lowest BCUT2D eigenvalue weighted by Crippen LogP contribution is -2.22. The van der Waals surface area contributed by atoms with Crippen molar-refractivity contribution < 1.29 is 9.21 Å².